The molecule has 182 valence electrons. The van der Waals surface area contributed by atoms with E-state index in [0.717, 1.165) is 30.4 Å². The zero-order valence-corrected chi connectivity index (χ0v) is 19.8. The lowest BCUT2D eigenvalue weighted by Crippen LogP contribution is -2.40. The second-order valence-corrected chi connectivity index (χ2v) is 9.97. The Balaban J connectivity index is 1.10. The van der Waals surface area contributed by atoms with Crippen molar-refractivity contribution in [1.29, 1.82) is 0 Å². The lowest BCUT2D eigenvalue weighted by molar-refractivity contribution is -0.145. The van der Waals surface area contributed by atoms with E-state index < -0.39 is 17.5 Å². The van der Waals surface area contributed by atoms with Crippen molar-refractivity contribution in [1.82, 2.24) is 10.6 Å². The fourth-order valence-electron chi connectivity index (χ4n) is 5.82. The SMILES string of the molecule is C/C(=C\CNC(=O)OCC1c2ccccc2-c2ccccc21)C(=O)NCC1(C(=O)O)CC12CCC2. The molecule has 2 aromatic rings. The van der Waals surface area contributed by atoms with Crippen LogP contribution in [-0.2, 0) is 14.3 Å². The fraction of sp³-hybridized carbons (Fsp3) is 0.393. The van der Waals surface area contributed by atoms with E-state index in [2.05, 4.69) is 34.9 Å². The molecule has 0 radical (unpaired) electrons. The van der Waals surface area contributed by atoms with Crippen molar-refractivity contribution in [3.63, 3.8) is 0 Å². The van der Waals surface area contributed by atoms with Gasteiger partial charge >= 0.3 is 12.1 Å². The summed E-state index contributed by atoms with van der Waals surface area (Å²) in [7, 11) is 0. The Morgan fingerprint density at radius 2 is 1.66 bits per heavy atom. The first kappa shape index (κ1) is 23.1. The highest BCUT2D eigenvalue weighted by Crippen LogP contribution is 2.73. The van der Waals surface area contributed by atoms with Crippen LogP contribution in [0.5, 0.6) is 0 Å². The number of alkyl carbamates (subject to hydrolysis) is 1. The molecule has 5 rings (SSSR count). The van der Waals surface area contributed by atoms with Gasteiger partial charge in [0, 0.05) is 24.6 Å². The van der Waals surface area contributed by atoms with Crippen molar-refractivity contribution < 1.29 is 24.2 Å². The molecule has 2 saturated carbocycles. The number of carboxylic acid groups (broad SMARTS) is 1. The summed E-state index contributed by atoms with van der Waals surface area (Å²) in [4.78, 5) is 36.5. The number of benzene rings is 2. The summed E-state index contributed by atoms with van der Waals surface area (Å²) in [6.07, 6.45) is 4.61. The Bertz CT molecular complexity index is 1170. The van der Waals surface area contributed by atoms with Gasteiger partial charge in [-0.05, 0) is 53.9 Å². The third kappa shape index (κ3) is 3.99. The maximum Gasteiger partial charge on any atom is 0.407 e. The van der Waals surface area contributed by atoms with Crippen LogP contribution < -0.4 is 10.6 Å². The van der Waals surface area contributed by atoms with Crippen molar-refractivity contribution in [3.8, 4) is 11.1 Å². The Morgan fingerprint density at radius 1 is 1.03 bits per heavy atom. The standard InChI is InChI=1S/C28H30N2O5/c1-18(24(31)30-17-28(25(32)33)16-27(28)12-6-13-27)11-14-29-26(34)35-15-23-21-9-4-2-7-19(21)20-8-3-5-10-22(20)23/h2-5,7-11,23H,6,12-17H2,1H3,(H,29,34)(H,30,31)(H,32,33)/b18-11+. The monoisotopic (exact) mass is 474 g/mol. The molecule has 35 heavy (non-hydrogen) atoms. The highest BCUT2D eigenvalue weighted by atomic mass is 16.5. The predicted molar refractivity (Wildman–Crippen MR) is 131 cm³/mol. The second kappa shape index (κ2) is 8.87. The van der Waals surface area contributed by atoms with E-state index in [-0.39, 0.29) is 36.9 Å². The third-order valence-electron chi connectivity index (χ3n) is 8.16. The first-order valence-electron chi connectivity index (χ1n) is 12.1. The topological polar surface area (TPSA) is 105 Å². The molecule has 1 spiro atoms. The quantitative estimate of drug-likeness (QED) is 0.497. The molecule has 2 amide bonds. The number of amides is 2. The summed E-state index contributed by atoms with van der Waals surface area (Å²) in [5, 5.41) is 15.1. The van der Waals surface area contributed by atoms with Gasteiger partial charge in [0.2, 0.25) is 5.91 Å². The van der Waals surface area contributed by atoms with E-state index in [1.807, 2.05) is 24.3 Å². The van der Waals surface area contributed by atoms with Crippen LogP contribution in [-0.4, -0.2) is 42.8 Å². The number of ether oxygens (including phenoxy) is 1. The van der Waals surface area contributed by atoms with Crippen LogP contribution >= 0.6 is 0 Å². The van der Waals surface area contributed by atoms with Gasteiger partial charge in [0.25, 0.3) is 0 Å². The highest BCUT2D eigenvalue weighted by molar-refractivity contribution is 5.93. The Hall–Kier alpha value is -3.61. The summed E-state index contributed by atoms with van der Waals surface area (Å²) in [6, 6.07) is 16.3. The maximum atomic E-state index is 12.5. The molecule has 2 fully saturated rings. The van der Waals surface area contributed by atoms with Crippen LogP contribution in [0.4, 0.5) is 4.79 Å². The molecular formula is C28H30N2O5. The van der Waals surface area contributed by atoms with E-state index in [1.165, 1.54) is 11.1 Å². The fourth-order valence-corrected chi connectivity index (χ4v) is 5.82. The summed E-state index contributed by atoms with van der Waals surface area (Å²) in [5.41, 5.74) is 4.12. The number of hydrogen-bond acceptors (Lipinski definition) is 4. The molecule has 0 aromatic heterocycles. The maximum absolute atomic E-state index is 12.5. The van der Waals surface area contributed by atoms with Gasteiger partial charge in [0.05, 0.1) is 5.41 Å². The molecule has 0 heterocycles. The van der Waals surface area contributed by atoms with Crippen LogP contribution in [0.2, 0.25) is 0 Å². The number of fused-ring (bicyclic) bond motifs is 3. The molecule has 7 nitrogen and oxygen atoms in total. The van der Waals surface area contributed by atoms with E-state index in [4.69, 9.17) is 4.74 Å². The number of carboxylic acids is 1. The van der Waals surface area contributed by atoms with Crippen LogP contribution in [0.3, 0.4) is 0 Å². The largest absolute Gasteiger partial charge is 0.481 e. The summed E-state index contributed by atoms with van der Waals surface area (Å²) < 4.78 is 5.51. The molecule has 1 atom stereocenters. The van der Waals surface area contributed by atoms with E-state index in [1.54, 1.807) is 13.0 Å². The zero-order chi connectivity index (χ0) is 24.6. The molecule has 0 bridgehead atoms. The summed E-state index contributed by atoms with van der Waals surface area (Å²) in [5.74, 6) is -1.16. The molecule has 3 aliphatic rings. The smallest absolute Gasteiger partial charge is 0.407 e. The van der Waals surface area contributed by atoms with Gasteiger partial charge in [-0.15, -0.1) is 0 Å². The second-order valence-electron chi connectivity index (χ2n) is 9.97. The van der Waals surface area contributed by atoms with E-state index >= 15 is 0 Å². The van der Waals surface area contributed by atoms with E-state index in [9.17, 15) is 19.5 Å². The first-order chi connectivity index (χ1) is 16.9. The van der Waals surface area contributed by atoms with Crippen molar-refractivity contribution >= 4 is 18.0 Å². The van der Waals surface area contributed by atoms with E-state index in [0.29, 0.717) is 12.0 Å². The Kier molecular flexibility index (Phi) is 5.87. The average molecular weight is 475 g/mol. The lowest BCUT2D eigenvalue weighted by atomic mass is 9.75. The van der Waals surface area contributed by atoms with Crippen molar-refractivity contribution in [2.75, 3.05) is 19.7 Å². The van der Waals surface area contributed by atoms with Crippen molar-refractivity contribution in [3.05, 3.63) is 71.3 Å². The molecule has 1 unspecified atom stereocenters. The summed E-state index contributed by atoms with van der Waals surface area (Å²) >= 11 is 0. The normalized spacial score (nSPS) is 21.5. The van der Waals surface area contributed by atoms with Crippen LogP contribution in [0, 0.1) is 10.8 Å². The molecule has 7 heteroatoms. The number of rotatable bonds is 8. The average Bonchev–Trinajstić information content (AvgIpc) is 3.46. The molecule has 3 N–H and O–H groups in total. The summed E-state index contributed by atoms with van der Waals surface area (Å²) in [6.45, 7) is 2.16. The van der Waals surface area contributed by atoms with Gasteiger partial charge in [-0.2, -0.15) is 0 Å². The Morgan fingerprint density at radius 3 is 2.20 bits per heavy atom. The van der Waals surface area contributed by atoms with Crippen LogP contribution in [0.15, 0.2) is 60.2 Å². The minimum Gasteiger partial charge on any atom is -0.481 e. The molecule has 0 saturated heterocycles. The minimum absolute atomic E-state index is 0.0147. The lowest BCUT2D eigenvalue weighted by Gasteiger charge is -2.30. The third-order valence-corrected chi connectivity index (χ3v) is 8.16. The Labute approximate surface area is 204 Å². The number of carbonyl (C=O) groups is 3. The number of nitrogens with one attached hydrogen (secondary N) is 2. The molecule has 3 aliphatic carbocycles. The van der Waals surface area contributed by atoms with Crippen LogP contribution in [0.25, 0.3) is 11.1 Å². The first-order valence-corrected chi connectivity index (χ1v) is 12.1. The van der Waals surface area contributed by atoms with Gasteiger partial charge in [0.15, 0.2) is 0 Å². The van der Waals surface area contributed by atoms with Gasteiger partial charge in [-0.25, -0.2) is 4.79 Å². The van der Waals surface area contributed by atoms with Crippen molar-refractivity contribution in [2.24, 2.45) is 10.8 Å². The number of aliphatic carboxylic acids is 1. The molecule has 2 aromatic carbocycles. The molecule has 0 aliphatic heterocycles. The molecular weight excluding hydrogens is 444 g/mol. The van der Waals surface area contributed by atoms with Gasteiger partial charge < -0.3 is 20.5 Å². The number of hydrogen-bond donors (Lipinski definition) is 3. The van der Waals surface area contributed by atoms with Gasteiger partial charge in [0.1, 0.15) is 6.61 Å². The van der Waals surface area contributed by atoms with Gasteiger partial charge in [-0.3, -0.25) is 9.59 Å². The predicted octanol–water partition coefficient (Wildman–Crippen LogP) is 4.23. The highest BCUT2D eigenvalue weighted by Gasteiger charge is 2.73. The minimum atomic E-state index is -0.823. The zero-order valence-electron chi connectivity index (χ0n) is 19.8. The van der Waals surface area contributed by atoms with Crippen molar-refractivity contribution in [2.45, 2.75) is 38.5 Å². The number of carbonyl (C=O) groups excluding carboxylic acids is 2. The van der Waals surface area contributed by atoms with Crippen LogP contribution in [0.1, 0.15) is 49.7 Å². The van der Waals surface area contributed by atoms with Gasteiger partial charge in [-0.1, -0.05) is 61.0 Å².